The molecular formula is C16H26N2O3S. The van der Waals surface area contributed by atoms with Crippen LogP contribution in [0.2, 0.25) is 0 Å². The van der Waals surface area contributed by atoms with E-state index >= 15 is 0 Å². The number of rotatable bonds is 6. The molecule has 0 heterocycles. The molecule has 124 valence electrons. The van der Waals surface area contributed by atoms with Gasteiger partial charge in [-0.15, -0.1) is 0 Å². The molecule has 0 unspecified atom stereocenters. The zero-order valence-corrected chi connectivity index (χ0v) is 14.8. The first kappa shape index (κ1) is 18.6. The molecule has 0 saturated heterocycles. The lowest BCUT2D eigenvalue weighted by Crippen LogP contribution is -2.47. The van der Waals surface area contributed by atoms with Gasteiger partial charge in [-0.3, -0.25) is 4.79 Å². The van der Waals surface area contributed by atoms with Gasteiger partial charge in [-0.2, -0.15) is 4.31 Å². The number of hydrogen-bond acceptors (Lipinski definition) is 3. The topological polar surface area (TPSA) is 66.5 Å². The van der Waals surface area contributed by atoms with Crippen molar-refractivity contribution in [1.82, 2.24) is 9.62 Å². The molecule has 5 nitrogen and oxygen atoms in total. The van der Waals surface area contributed by atoms with Gasteiger partial charge in [0.1, 0.15) is 0 Å². The number of carbonyl (C=O) groups excluding carboxylic acids is 1. The Kier molecular flexibility index (Phi) is 6.14. The second-order valence-corrected chi connectivity index (χ2v) is 8.16. The summed E-state index contributed by atoms with van der Waals surface area (Å²) in [6.45, 7) is 9.39. The van der Waals surface area contributed by atoms with Crippen molar-refractivity contribution < 1.29 is 13.2 Å². The summed E-state index contributed by atoms with van der Waals surface area (Å²) < 4.78 is 26.4. The predicted octanol–water partition coefficient (Wildman–Crippen LogP) is 2.17. The second kappa shape index (κ2) is 7.24. The molecule has 1 N–H and O–H groups in total. The Hall–Kier alpha value is -1.40. The van der Waals surface area contributed by atoms with Crippen molar-refractivity contribution in [2.75, 3.05) is 13.1 Å². The van der Waals surface area contributed by atoms with E-state index in [1.54, 1.807) is 31.2 Å². The summed E-state index contributed by atoms with van der Waals surface area (Å²) in [5.41, 5.74) is 0.690. The number of benzene rings is 1. The number of amides is 1. The maximum atomic E-state index is 12.6. The molecule has 1 aromatic carbocycles. The van der Waals surface area contributed by atoms with E-state index in [2.05, 4.69) is 5.32 Å². The summed E-state index contributed by atoms with van der Waals surface area (Å²) >= 11 is 0. The molecule has 0 aliphatic carbocycles. The average Bonchev–Trinajstić information content (AvgIpc) is 2.42. The van der Waals surface area contributed by atoms with Crippen LogP contribution in [-0.2, 0) is 21.2 Å². The van der Waals surface area contributed by atoms with Crippen molar-refractivity contribution in [3.63, 3.8) is 0 Å². The fourth-order valence-electron chi connectivity index (χ4n) is 2.03. The van der Waals surface area contributed by atoms with Gasteiger partial charge >= 0.3 is 0 Å². The minimum atomic E-state index is -3.65. The highest BCUT2D eigenvalue weighted by atomic mass is 32.2. The molecule has 1 aromatic rings. The Morgan fingerprint density at radius 1 is 1.14 bits per heavy atom. The molecule has 0 radical (unpaired) electrons. The van der Waals surface area contributed by atoms with Crippen LogP contribution in [0.3, 0.4) is 0 Å². The third-order valence-corrected chi connectivity index (χ3v) is 5.09. The van der Waals surface area contributed by atoms with Crippen LogP contribution >= 0.6 is 0 Å². The van der Waals surface area contributed by atoms with Crippen LogP contribution in [0.15, 0.2) is 29.2 Å². The van der Waals surface area contributed by atoms with Crippen molar-refractivity contribution in [3.8, 4) is 0 Å². The summed E-state index contributed by atoms with van der Waals surface area (Å²) in [4.78, 5) is 12.2. The van der Waals surface area contributed by atoms with E-state index in [4.69, 9.17) is 0 Å². The predicted molar refractivity (Wildman–Crippen MR) is 88.1 cm³/mol. The molecule has 0 aliphatic rings. The van der Waals surface area contributed by atoms with E-state index in [0.717, 1.165) is 12.0 Å². The van der Waals surface area contributed by atoms with E-state index < -0.39 is 10.0 Å². The molecule has 1 rings (SSSR count). The van der Waals surface area contributed by atoms with Gasteiger partial charge in [0.05, 0.1) is 11.4 Å². The largest absolute Gasteiger partial charge is 0.350 e. The molecule has 0 spiro atoms. The Labute approximate surface area is 133 Å². The van der Waals surface area contributed by atoms with Gasteiger partial charge in [0.2, 0.25) is 15.9 Å². The third kappa shape index (κ3) is 5.10. The molecule has 0 atom stereocenters. The Bertz CT molecular complexity index is 601. The lowest BCUT2D eigenvalue weighted by atomic mass is 10.1. The molecule has 0 saturated carbocycles. The van der Waals surface area contributed by atoms with E-state index in [1.165, 1.54) is 4.31 Å². The fraction of sp³-hybridized carbons (Fsp3) is 0.562. The van der Waals surface area contributed by atoms with Crippen molar-refractivity contribution >= 4 is 15.9 Å². The molecule has 22 heavy (non-hydrogen) atoms. The van der Waals surface area contributed by atoms with Crippen LogP contribution in [-0.4, -0.2) is 37.3 Å². The summed E-state index contributed by atoms with van der Waals surface area (Å²) in [6.07, 6.45) is 0.853. The van der Waals surface area contributed by atoms with Gasteiger partial charge in [-0.1, -0.05) is 26.0 Å². The number of aryl methyl sites for hydroxylation is 1. The lowest BCUT2D eigenvalue weighted by Gasteiger charge is -2.24. The number of likely N-dealkylation sites (N-methyl/N-ethyl adjacent to an activating group) is 1. The Morgan fingerprint density at radius 3 is 2.09 bits per heavy atom. The maximum absolute atomic E-state index is 12.6. The molecule has 1 amide bonds. The van der Waals surface area contributed by atoms with Crippen molar-refractivity contribution in [1.29, 1.82) is 0 Å². The summed E-state index contributed by atoms with van der Waals surface area (Å²) in [6, 6.07) is 6.79. The number of carbonyl (C=O) groups is 1. The molecule has 0 aliphatic heterocycles. The van der Waals surface area contributed by atoms with Gasteiger partial charge in [0, 0.05) is 12.1 Å². The zero-order valence-electron chi connectivity index (χ0n) is 14.0. The van der Waals surface area contributed by atoms with Crippen LogP contribution in [0.1, 0.15) is 40.2 Å². The van der Waals surface area contributed by atoms with Gasteiger partial charge in [-0.05, 0) is 44.9 Å². The monoisotopic (exact) mass is 326 g/mol. The fourth-order valence-corrected chi connectivity index (χ4v) is 3.44. The van der Waals surface area contributed by atoms with E-state index in [9.17, 15) is 13.2 Å². The average molecular weight is 326 g/mol. The van der Waals surface area contributed by atoms with Gasteiger partial charge in [-0.25, -0.2) is 8.42 Å². The standard InChI is InChI=1S/C16H26N2O3S/c1-6-13-8-10-14(11-9-13)22(20,21)18(7-2)12-15(19)17-16(3,4)5/h8-11H,6-7,12H2,1-5H3,(H,17,19). The van der Waals surface area contributed by atoms with Crippen LogP contribution in [0, 0.1) is 0 Å². The van der Waals surface area contributed by atoms with Crippen LogP contribution in [0.25, 0.3) is 0 Å². The molecule has 0 fully saturated rings. The van der Waals surface area contributed by atoms with E-state index in [0.29, 0.717) is 0 Å². The maximum Gasteiger partial charge on any atom is 0.243 e. The third-order valence-electron chi connectivity index (χ3n) is 3.16. The summed E-state index contributed by atoms with van der Waals surface area (Å²) in [5.74, 6) is -0.303. The highest BCUT2D eigenvalue weighted by Crippen LogP contribution is 2.16. The first-order chi connectivity index (χ1) is 10.1. The number of nitrogens with one attached hydrogen (secondary N) is 1. The number of sulfonamides is 1. The quantitative estimate of drug-likeness (QED) is 0.871. The second-order valence-electron chi connectivity index (χ2n) is 6.23. The van der Waals surface area contributed by atoms with Crippen molar-refractivity contribution in [2.45, 2.75) is 51.5 Å². The smallest absolute Gasteiger partial charge is 0.243 e. The van der Waals surface area contributed by atoms with Gasteiger partial charge in [0.15, 0.2) is 0 Å². The molecule has 0 bridgehead atoms. The van der Waals surface area contributed by atoms with Crippen molar-refractivity contribution in [2.24, 2.45) is 0 Å². The Morgan fingerprint density at radius 2 is 1.68 bits per heavy atom. The van der Waals surface area contributed by atoms with Crippen LogP contribution in [0.5, 0.6) is 0 Å². The van der Waals surface area contributed by atoms with E-state index in [1.807, 2.05) is 27.7 Å². The Balaban J connectivity index is 2.94. The zero-order chi connectivity index (χ0) is 17.0. The van der Waals surface area contributed by atoms with Crippen LogP contribution < -0.4 is 5.32 Å². The van der Waals surface area contributed by atoms with Gasteiger partial charge in [0.25, 0.3) is 0 Å². The van der Waals surface area contributed by atoms with Gasteiger partial charge < -0.3 is 5.32 Å². The minimum absolute atomic E-state index is 0.175. The molecule has 6 heteroatoms. The van der Waals surface area contributed by atoms with Crippen LogP contribution in [0.4, 0.5) is 0 Å². The molecule has 0 aromatic heterocycles. The lowest BCUT2D eigenvalue weighted by molar-refractivity contribution is -0.122. The number of hydrogen-bond donors (Lipinski definition) is 1. The summed E-state index contributed by atoms with van der Waals surface area (Å²) in [7, 11) is -3.65. The summed E-state index contributed by atoms with van der Waals surface area (Å²) in [5, 5.41) is 2.78. The minimum Gasteiger partial charge on any atom is -0.350 e. The normalized spacial score (nSPS) is 12.5. The first-order valence-electron chi connectivity index (χ1n) is 7.50. The van der Waals surface area contributed by atoms with E-state index in [-0.39, 0.29) is 29.4 Å². The first-order valence-corrected chi connectivity index (χ1v) is 8.94. The SMILES string of the molecule is CCc1ccc(S(=O)(=O)N(CC)CC(=O)NC(C)(C)C)cc1. The van der Waals surface area contributed by atoms with Crippen molar-refractivity contribution in [3.05, 3.63) is 29.8 Å². The molecular weight excluding hydrogens is 300 g/mol. The highest BCUT2D eigenvalue weighted by Gasteiger charge is 2.26. The highest BCUT2D eigenvalue weighted by molar-refractivity contribution is 7.89. The number of nitrogens with zero attached hydrogens (tertiary/aromatic N) is 1.